The van der Waals surface area contributed by atoms with Crippen LogP contribution in [0.5, 0.6) is 5.75 Å². The van der Waals surface area contributed by atoms with Crippen LogP contribution in [-0.4, -0.2) is 32.2 Å². The number of carbonyl (C=O) groups is 1. The zero-order chi connectivity index (χ0) is 26.5. The molecule has 5 rings (SSSR count). The van der Waals surface area contributed by atoms with Crippen LogP contribution in [0.4, 0.5) is 0 Å². The van der Waals surface area contributed by atoms with Crippen LogP contribution < -0.4 is 10.1 Å². The molecule has 0 unspecified atom stereocenters. The first-order chi connectivity index (χ1) is 18.5. The van der Waals surface area contributed by atoms with Crippen LogP contribution in [-0.2, 0) is 19.6 Å². The minimum Gasteiger partial charge on any atom is -0.497 e. The van der Waals surface area contributed by atoms with Gasteiger partial charge in [-0.3, -0.25) is 9.48 Å². The van der Waals surface area contributed by atoms with Gasteiger partial charge in [0.25, 0.3) is 0 Å². The predicted molar refractivity (Wildman–Crippen MR) is 149 cm³/mol. The lowest BCUT2D eigenvalue weighted by Crippen LogP contribution is -2.13. The largest absolute Gasteiger partial charge is 0.497 e. The number of hydrogen-bond donors (Lipinski definition) is 1. The van der Waals surface area contributed by atoms with Crippen molar-refractivity contribution in [1.82, 2.24) is 24.6 Å². The third-order valence-electron chi connectivity index (χ3n) is 6.60. The molecule has 0 aliphatic rings. The van der Waals surface area contributed by atoms with Gasteiger partial charge in [-0.1, -0.05) is 42.5 Å². The molecule has 0 radical (unpaired) electrons. The van der Waals surface area contributed by atoms with Gasteiger partial charge in [-0.05, 0) is 54.8 Å². The summed E-state index contributed by atoms with van der Waals surface area (Å²) in [6.45, 7) is 5.74. The van der Waals surface area contributed by atoms with Crippen LogP contribution in [0.2, 0.25) is 0 Å². The number of benzene rings is 3. The van der Waals surface area contributed by atoms with Crippen molar-refractivity contribution in [2.45, 2.75) is 33.5 Å². The number of ketones is 1. The number of imidazole rings is 1. The molecule has 0 spiro atoms. The molecule has 0 aliphatic heterocycles. The molecule has 0 atom stereocenters. The van der Waals surface area contributed by atoms with E-state index in [4.69, 9.17) is 9.84 Å². The van der Waals surface area contributed by atoms with Gasteiger partial charge in [-0.2, -0.15) is 5.10 Å². The van der Waals surface area contributed by atoms with Gasteiger partial charge in [0.05, 0.1) is 31.4 Å². The molecule has 0 fully saturated rings. The van der Waals surface area contributed by atoms with E-state index >= 15 is 0 Å². The number of carbonyl (C=O) groups excluding carboxylic acids is 1. The summed E-state index contributed by atoms with van der Waals surface area (Å²) in [5.41, 5.74) is 8.41. The highest BCUT2D eigenvalue weighted by Gasteiger charge is 2.14. The zero-order valence-corrected chi connectivity index (χ0v) is 21.9. The van der Waals surface area contributed by atoms with Gasteiger partial charge in [-0.25, -0.2) is 4.98 Å². The number of aromatic nitrogens is 4. The van der Waals surface area contributed by atoms with Gasteiger partial charge in [0.2, 0.25) is 0 Å². The van der Waals surface area contributed by atoms with Gasteiger partial charge >= 0.3 is 0 Å². The Bertz CT molecular complexity index is 1520. The van der Waals surface area contributed by atoms with E-state index in [0.29, 0.717) is 13.1 Å². The molecular formula is C31H31N5O2. The molecule has 3 aromatic carbocycles. The highest BCUT2D eigenvalue weighted by molar-refractivity contribution is 5.94. The average molecular weight is 506 g/mol. The molecule has 1 N–H and O–H groups in total. The Balaban J connectivity index is 1.37. The molecule has 2 heterocycles. The summed E-state index contributed by atoms with van der Waals surface area (Å²) < 4.78 is 9.30. The van der Waals surface area contributed by atoms with Crippen molar-refractivity contribution < 1.29 is 9.53 Å². The van der Waals surface area contributed by atoms with Gasteiger partial charge in [-0.15, -0.1) is 0 Å². The van der Waals surface area contributed by atoms with Crippen LogP contribution in [0, 0.1) is 6.92 Å². The van der Waals surface area contributed by atoms with Gasteiger partial charge < -0.3 is 14.6 Å². The second-order valence-corrected chi connectivity index (χ2v) is 9.35. The van der Waals surface area contributed by atoms with E-state index in [1.54, 1.807) is 20.2 Å². The highest BCUT2D eigenvalue weighted by atomic mass is 16.5. The maximum atomic E-state index is 11.5. The highest BCUT2D eigenvalue weighted by Crippen LogP contribution is 2.30. The second-order valence-electron chi connectivity index (χ2n) is 9.35. The van der Waals surface area contributed by atoms with Crippen molar-refractivity contribution >= 4 is 5.78 Å². The fourth-order valence-electron chi connectivity index (χ4n) is 4.53. The fourth-order valence-corrected chi connectivity index (χ4v) is 4.53. The number of methoxy groups -OCH3 is 1. The third-order valence-corrected chi connectivity index (χ3v) is 6.60. The first kappa shape index (κ1) is 25.2. The molecule has 2 aromatic heterocycles. The topological polar surface area (TPSA) is 74.0 Å². The minimum absolute atomic E-state index is 0.0811. The predicted octanol–water partition coefficient (Wildman–Crippen LogP) is 5.59. The second kappa shape index (κ2) is 11.3. The first-order valence-corrected chi connectivity index (χ1v) is 12.6. The number of rotatable bonds is 10. The van der Waals surface area contributed by atoms with Crippen molar-refractivity contribution in [3.63, 3.8) is 0 Å². The Labute approximate surface area is 222 Å². The van der Waals surface area contributed by atoms with Crippen LogP contribution >= 0.6 is 0 Å². The lowest BCUT2D eigenvalue weighted by molar-refractivity contribution is 0.101. The van der Waals surface area contributed by atoms with E-state index in [2.05, 4.69) is 46.8 Å². The maximum Gasteiger partial charge on any atom is 0.159 e. The minimum atomic E-state index is 0.0811. The Hall–Kier alpha value is -4.49. The van der Waals surface area contributed by atoms with Crippen molar-refractivity contribution in [3.8, 4) is 22.6 Å². The van der Waals surface area contributed by atoms with Crippen LogP contribution in [0.1, 0.15) is 39.7 Å². The standard InChI is InChI=1S/C31H31N5O2/c1-22-30(20-36(34-22)19-25-6-11-28(38-3)12-7-25)29-16-26(8-13-31(29)35-15-14-32-21-35)18-33-17-24-4-9-27(10-5-24)23(2)37/h4-16,20-21,33H,17-19H2,1-3H3. The van der Waals surface area contributed by atoms with Gasteiger partial charge in [0.15, 0.2) is 5.78 Å². The van der Waals surface area contributed by atoms with Crippen molar-refractivity contribution in [2.24, 2.45) is 0 Å². The third kappa shape index (κ3) is 5.74. The van der Waals surface area contributed by atoms with Crippen molar-refractivity contribution in [1.29, 1.82) is 0 Å². The molecule has 0 amide bonds. The van der Waals surface area contributed by atoms with Crippen molar-refractivity contribution in [2.75, 3.05) is 7.11 Å². The number of nitrogens with one attached hydrogen (secondary N) is 1. The van der Waals surface area contributed by atoms with E-state index in [1.807, 2.05) is 65.1 Å². The Morgan fingerprint density at radius 1 is 0.921 bits per heavy atom. The van der Waals surface area contributed by atoms with Crippen LogP contribution in [0.3, 0.4) is 0 Å². The van der Waals surface area contributed by atoms with E-state index in [9.17, 15) is 4.79 Å². The molecule has 0 saturated carbocycles. The molecule has 38 heavy (non-hydrogen) atoms. The quantitative estimate of drug-likeness (QED) is 0.250. The molecular weight excluding hydrogens is 474 g/mol. The summed E-state index contributed by atoms with van der Waals surface area (Å²) in [6, 6.07) is 22.3. The monoisotopic (exact) mass is 505 g/mol. The number of ether oxygens (including phenoxy) is 1. The molecule has 0 saturated heterocycles. The summed E-state index contributed by atoms with van der Waals surface area (Å²) in [5.74, 6) is 0.923. The number of hydrogen-bond acceptors (Lipinski definition) is 5. The summed E-state index contributed by atoms with van der Waals surface area (Å²) in [7, 11) is 1.67. The van der Waals surface area contributed by atoms with Gasteiger partial charge in [0.1, 0.15) is 5.75 Å². The molecule has 7 nitrogen and oxygen atoms in total. The van der Waals surface area contributed by atoms with Crippen LogP contribution in [0.25, 0.3) is 16.8 Å². The Morgan fingerprint density at radius 3 is 2.32 bits per heavy atom. The Kier molecular flexibility index (Phi) is 7.47. The number of aryl methyl sites for hydroxylation is 1. The summed E-state index contributed by atoms with van der Waals surface area (Å²) in [5, 5.41) is 8.35. The molecule has 192 valence electrons. The fraction of sp³-hybridized carbons (Fsp3) is 0.194. The number of Topliss-reactive ketones (excluding diaryl/α,β-unsaturated/α-hetero) is 1. The van der Waals surface area contributed by atoms with E-state index in [0.717, 1.165) is 51.5 Å². The lowest BCUT2D eigenvalue weighted by Gasteiger charge is -2.13. The smallest absolute Gasteiger partial charge is 0.159 e. The van der Waals surface area contributed by atoms with Crippen LogP contribution in [0.15, 0.2) is 91.6 Å². The SMILES string of the molecule is COc1ccc(Cn2cc(-c3cc(CNCc4ccc(C(C)=O)cc4)ccc3-n3ccnc3)c(C)n2)cc1. The summed E-state index contributed by atoms with van der Waals surface area (Å²) in [4.78, 5) is 15.8. The zero-order valence-electron chi connectivity index (χ0n) is 21.9. The maximum absolute atomic E-state index is 11.5. The van der Waals surface area contributed by atoms with E-state index in [1.165, 1.54) is 5.56 Å². The van der Waals surface area contributed by atoms with Crippen molar-refractivity contribution in [3.05, 3.63) is 120 Å². The molecule has 5 aromatic rings. The average Bonchev–Trinajstić information content (AvgIpc) is 3.59. The Morgan fingerprint density at radius 2 is 1.63 bits per heavy atom. The first-order valence-electron chi connectivity index (χ1n) is 12.6. The normalized spacial score (nSPS) is 11.0. The summed E-state index contributed by atoms with van der Waals surface area (Å²) >= 11 is 0. The van der Waals surface area contributed by atoms with Gasteiger partial charge in [0, 0.05) is 48.4 Å². The molecule has 0 bridgehead atoms. The molecule has 0 aliphatic carbocycles. The van der Waals surface area contributed by atoms with E-state index < -0.39 is 0 Å². The number of nitrogens with zero attached hydrogens (tertiary/aromatic N) is 4. The molecule has 7 heteroatoms. The summed E-state index contributed by atoms with van der Waals surface area (Å²) in [6.07, 6.45) is 7.68. The van der Waals surface area contributed by atoms with E-state index in [-0.39, 0.29) is 5.78 Å². The lowest BCUT2D eigenvalue weighted by atomic mass is 10.0.